The number of hydrogen-bond acceptors (Lipinski definition) is 2. The number of anilines is 1. The van der Waals surface area contributed by atoms with Gasteiger partial charge in [-0.2, -0.15) is 0 Å². The topological polar surface area (TPSA) is 40.6 Å². The minimum atomic E-state index is -0.0425. The molecular weight excluding hydrogens is 408 g/mol. The molecule has 0 spiro atoms. The summed E-state index contributed by atoms with van der Waals surface area (Å²) in [5, 5.41) is 0. The molecule has 0 atom stereocenters. The predicted molar refractivity (Wildman–Crippen MR) is 133 cm³/mol. The van der Waals surface area contributed by atoms with Crippen molar-refractivity contribution in [3.63, 3.8) is 0 Å². The van der Waals surface area contributed by atoms with Gasteiger partial charge in [0, 0.05) is 37.7 Å². The third-order valence-electron chi connectivity index (χ3n) is 6.47. The van der Waals surface area contributed by atoms with Crippen molar-refractivity contribution in [1.82, 2.24) is 4.90 Å². The van der Waals surface area contributed by atoms with Gasteiger partial charge in [0.1, 0.15) is 0 Å². The van der Waals surface area contributed by atoms with Gasteiger partial charge in [-0.3, -0.25) is 9.59 Å². The van der Waals surface area contributed by atoms with Gasteiger partial charge in [0.05, 0.1) is 0 Å². The van der Waals surface area contributed by atoms with Crippen LogP contribution in [0.1, 0.15) is 30.4 Å². The van der Waals surface area contributed by atoms with Crippen LogP contribution in [-0.4, -0.2) is 36.3 Å². The summed E-state index contributed by atoms with van der Waals surface area (Å²) in [5.41, 5.74) is 3.36. The molecule has 4 rings (SSSR count). The Morgan fingerprint density at radius 3 is 1.82 bits per heavy atom. The van der Waals surface area contributed by atoms with Gasteiger partial charge in [-0.25, -0.2) is 0 Å². The Morgan fingerprint density at radius 2 is 1.24 bits per heavy atom. The summed E-state index contributed by atoms with van der Waals surface area (Å²) >= 11 is 0. The first-order chi connectivity index (χ1) is 16.2. The lowest BCUT2D eigenvalue weighted by molar-refractivity contribution is -0.134. The average Bonchev–Trinajstić information content (AvgIpc) is 2.89. The Labute approximate surface area is 196 Å². The number of amides is 2. The van der Waals surface area contributed by atoms with Crippen LogP contribution in [0.15, 0.2) is 91.0 Å². The first-order valence-electron chi connectivity index (χ1n) is 11.9. The molecule has 4 heteroatoms. The summed E-state index contributed by atoms with van der Waals surface area (Å²) in [5.74, 6) is 0.321. The van der Waals surface area contributed by atoms with Crippen LogP contribution in [0.2, 0.25) is 0 Å². The van der Waals surface area contributed by atoms with Gasteiger partial charge in [0.2, 0.25) is 11.8 Å². The van der Waals surface area contributed by atoms with Crippen LogP contribution in [0, 0.1) is 5.92 Å². The molecule has 33 heavy (non-hydrogen) atoms. The van der Waals surface area contributed by atoms with Crippen molar-refractivity contribution < 1.29 is 9.59 Å². The van der Waals surface area contributed by atoms with Crippen LogP contribution in [-0.2, 0) is 22.4 Å². The molecule has 0 bridgehead atoms. The third-order valence-corrected chi connectivity index (χ3v) is 6.47. The van der Waals surface area contributed by atoms with Gasteiger partial charge >= 0.3 is 0 Å². The summed E-state index contributed by atoms with van der Waals surface area (Å²) in [6.07, 6.45) is 3.56. The predicted octanol–water partition coefficient (Wildman–Crippen LogP) is 5.13. The van der Waals surface area contributed by atoms with E-state index in [9.17, 15) is 9.59 Å². The summed E-state index contributed by atoms with van der Waals surface area (Å²) < 4.78 is 0. The van der Waals surface area contributed by atoms with E-state index in [0.717, 1.165) is 31.4 Å². The SMILES string of the molecule is O=C(CCc1ccccc1)N1CCC(C(=O)N(CCc2ccccc2)c2ccccc2)CC1. The number of benzene rings is 3. The van der Waals surface area contributed by atoms with Gasteiger partial charge in [-0.15, -0.1) is 0 Å². The van der Waals surface area contributed by atoms with Crippen molar-refractivity contribution in [3.8, 4) is 0 Å². The third kappa shape index (κ3) is 6.32. The molecule has 1 saturated heterocycles. The maximum atomic E-state index is 13.5. The molecule has 4 nitrogen and oxygen atoms in total. The fourth-order valence-electron chi connectivity index (χ4n) is 4.51. The molecule has 0 aromatic heterocycles. The molecule has 1 aliphatic rings. The normalized spacial score (nSPS) is 14.1. The first-order valence-corrected chi connectivity index (χ1v) is 11.9. The number of carbonyl (C=O) groups is 2. The van der Waals surface area contributed by atoms with Gasteiger partial charge in [0.25, 0.3) is 0 Å². The molecule has 1 aliphatic heterocycles. The van der Waals surface area contributed by atoms with Crippen molar-refractivity contribution >= 4 is 17.5 Å². The summed E-state index contributed by atoms with van der Waals surface area (Å²) in [6.45, 7) is 1.97. The van der Waals surface area contributed by atoms with E-state index >= 15 is 0 Å². The van der Waals surface area contributed by atoms with E-state index in [1.807, 2.05) is 76.5 Å². The molecule has 0 saturated carbocycles. The molecule has 1 heterocycles. The van der Waals surface area contributed by atoms with Crippen molar-refractivity contribution in [1.29, 1.82) is 0 Å². The zero-order valence-electron chi connectivity index (χ0n) is 19.1. The van der Waals surface area contributed by atoms with Crippen LogP contribution in [0.3, 0.4) is 0 Å². The zero-order chi connectivity index (χ0) is 22.9. The van der Waals surface area contributed by atoms with Crippen molar-refractivity contribution in [2.24, 2.45) is 5.92 Å². The maximum absolute atomic E-state index is 13.5. The highest BCUT2D eigenvalue weighted by Gasteiger charge is 2.30. The molecule has 2 amide bonds. The highest BCUT2D eigenvalue weighted by atomic mass is 16.2. The van der Waals surface area contributed by atoms with E-state index in [-0.39, 0.29) is 17.7 Å². The Bertz CT molecular complexity index is 1010. The number of carbonyl (C=O) groups excluding carboxylic acids is 2. The van der Waals surface area contributed by atoms with E-state index in [1.54, 1.807) is 0 Å². The summed E-state index contributed by atoms with van der Waals surface area (Å²) in [6, 6.07) is 30.4. The first kappa shape index (κ1) is 22.8. The molecule has 1 fully saturated rings. The van der Waals surface area contributed by atoms with Crippen LogP contribution in [0.4, 0.5) is 5.69 Å². The largest absolute Gasteiger partial charge is 0.343 e. The fraction of sp³-hybridized carbons (Fsp3) is 0.310. The average molecular weight is 441 g/mol. The maximum Gasteiger partial charge on any atom is 0.230 e. The lowest BCUT2D eigenvalue weighted by Crippen LogP contribution is -2.45. The van der Waals surface area contributed by atoms with Crippen molar-refractivity contribution in [3.05, 3.63) is 102 Å². The molecule has 3 aromatic carbocycles. The molecule has 0 unspecified atom stereocenters. The van der Waals surface area contributed by atoms with E-state index < -0.39 is 0 Å². The van der Waals surface area contributed by atoms with E-state index in [0.29, 0.717) is 26.1 Å². The number of rotatable bonds is 8. The summed E-state index contributed by atoms with van der Waals surface area (Å²) in [7, 11) is 0. The Morgan fingerprint density at radius 1 is 0.727 bits per heavy atom. The number of nitrogens with zero attached hydrogens (tertiary/aromatic N) is 2. The van der Waals surface area contributed by atoms with Crippen molar-refractivity contribution in [2.45, 2.75) is 32.1 Å². The smallest absolute Gasteiger partial charge is 0.230 e. The number of piperidine rings is 1. The monoisotopic (exact) mass is 440 g/mol. The van der Waals surface area contributed by atoms with Crippen LogP contribution in [0.5, 0.6) is 0 Å². The van der Waals surface area contributed by atoms with E-state index in [1.165, 1.54) is 11.1 Å². The number of hydrogen-bond donors (Lipinski definition) is 0. The molecule has 170 valence electrons. The van der Waals surface area contributed by atoms with Gasteiger partial charge in [0.15, 0.2) is 0 Å². The van der Waals surface area contributed by atoms with Crippen LogP contribution < -0.4 is 4.90 Å². The highest BCUT2D eigenvalue weighted by molar-refractivity contribution is 5.95. The minimum Gasteiger partial charge on any atom is -0.343 e. The number of para-hydroxylation sites is 1. The lowest BCUT2D eigenvalue weighted by Gasteiger charge is -2.34. The Hall–Kier alpha value is -3.40. The van der Waals surface area contributed by atoms with Gasteiger partial charge in [-0.05, 0) is 48.9 Å². The quantitative estimate of drug-likeness (QED) is 0.487. The Balaban J connectivity index is 1.34. The van der Waals surface area contributed by atoms with Crippen LogP contribution in [0.25, 0.3) is 0 Å². The van der Waals surface area contributed by atoms with Crippen molar-refractivity contribution in [2.75, 3.05) is 24.5 Å². The fourth-order valence-corrected chi connectivity index (χ4v) is 4.51. The van der Waals surface area contributed by atoms with E-state index in [2.05, 4.69) is 24.3 Å². The second kappa shape index (κ2) is 11.5. The lowest BCUT2D eigenvalue weighted by atomic mass is 9.94. The van der Waals surface area contributed by atoms with Gasteiger partial charge < -0.3 is 9.80 Å². The minimum absolute atomic E-state index is 0.0425. The second-order valence-corrected chi connectivity index (χ2v) is 8.70. The standard InChI is InChI=1S/C29H32N2O2/c32-28(17-16-24-10-4-1-5-11-24)30-21-19-26(20-22-30)29(33)31(27-14-8-3-9-15-27)23-18-25-12-6-2-7-13-25/h1-15,26H,16-23H2. The number of aryl methyl sites for hydroxylation is 1. The molecule has 0 radical (unpaired) electrons. The highest BCUT2D eigenvalue weighted by Crippen LogP contribution is 2.24. The van der Waals surface area contributed by atoms with E-state index in [4.69, 9.17) is 0 Å². The van der Waals surface area contributed by atoms with Crippen LogP contribution >= 0.6 is 0 Å². The molecule has 0 aliphatic carbocycles. The molecular formula is C29H32N2O2. The Kier molecular flexibility index (Phi) is 7.91. The number of likely N-dealkylation sites (tertiary alicyclic amines) is 1. The zero-order valence-corrected chi connectivity index (χ0v) is 19.1. The molecule has 3 aromatic rings. The summed E-state index contributed by atoms with van der Waals surface area (Å²) in [4.78, 5) is 30.1. The molecule has 0 N–H and O–H groups in total. The second-order valence-electron chi connectivity index (χ2n) is 8.70. The van der Waals surface area contributed by atoms with Gasteiger partial charge in [-0.1, -0.05) is 78.9 Å².